The number of thiocarbonyl (C=S) groups is 1. The van der Waals surface area contributed by atoms with Crippen LogP contribution in [0.2, 0.25) is 0 Å². The Labute approximate surface area is 195 Å². The van der Waals surface area contributed by atoms with E-state index in [1.165, 1.54) is 4.70 Å². The predicted molar refractivity (Wildman–Crippen MR) is 130 cm³/mol. The lowest BCUT2D eigenvalue weighted by molar-refractivity contribution is 0.0836. The van der Waals surface area contributed by atoms with E-state index in [-0.39, 0.29) is 18.2 Å². The van der Waals surface area contributed by atoms with Gasteiger partial charge in [0, 0.05) is 25.5 Å². The normalized spacial score (nSPS) is 23.2. The molecule has 0 radical (unpaired) electrons. The molecule has 6 nitrogen and oxygen atoms in total. The van der Waals surface area contributed by atoms with E-state index in [9.17, 15) is 0 Å². The molecule has 4 aromatic rings. The number of hydrogen-bond donors (Lipinski definition) is 1. The molecule has 32 heavy (non-hydrogen) atoms. The molecule has 1 N–H and O–H groups in total. The van der Waals surface area contributed by atoms with Crippen molar-refractivity contribution in [3.05, 3.63) is 78.4 Å². The van der Waals surface area contributed by atoms with E-state index in [4.69, 9.17) is 21.9 Å². The first-order valence-corrected chi connectivity index (χ1v) is 12.1. The van der Waals surface area contributed by atoms with Crippen LogP contribution in [0, 0.1) is 0 Å². The summed E-state index contributed by atoms with van der Waals surface area (Å²) in [5.41, 5.74) is 3.14. The molecule has 0 bridgehead atoms. The Bertz CT molecular complexity index is 1210. The quantitative estimate of drug-likeness (QED) is 0.437. The largest absolute Gasteiger partial charge is 0.376 e. The lowest BCUT2D eigenvalue weighted by atomic mass is 10.0. The highest BCUT2D eigenvalue weighted by Gasteiger charge is 2.42. The van der Waals surface area contributed by atoms with Crippen LogP contribution >= 0.6 is 23.6 Å². The van der Waals surface area contributed by atoms with Crippen LogP contribution in [0.3, 0.4) is 0 Å². The molecule has 5 heterocycles. The Kier molecular flexibility index (Phi) is 5.13. The van der Waals surface area contributed by atoms with Crippen molar-refractivity contribution in [2.45, 2.75) is 31.0 Å². The van der Waals surface area contributed by atoms with Gasteiger partial charge in [-0.05, 0) is 61.5 Å². The van der Waals surface area contributed by atoms with E-state index in [1.807, 2.05) is 24.4 Å². The zero-order valence-electron chi connectivity index (χ0n) is 17.4. The Morgan fingerprint density at radius 1 is 1.12 bits per heavy atom. The molecule has 0 saturated carbocycles. The maximum absolute atomic E-state index is 5.96. The van der Waals surface area contributed by atoms with Gasteiger partial charge in [0.15, 0.2) is 10.2 Å². The van der Waals surface area contributed by atoms with Gasteiger partial charge in [-0.1, -0.05) is 29.5 Å². The molecule has 3 aromatic heterocycles. The van der Waals surface area contributed by atoms with E-state index in [0.717, 1.165) is 53.1 Å². The lowest BCUT2D eigenvalue weighted by Gasteiger charge is -2.30. The number of pyridine rings is 1. The van der Waals surface area contributed by atoms with Gasteiger partial charge in [-0.2, -0.15) is 0 Å². The molecule has 2 saturated heterocycles. The van der Waals surface area contributed by atoms with Gasteiger partial charge in [0.1, 0.15) is 0 Å². The number of rotatable bonds is 5. The van der Waals surface area contributed by atoms with E-state index in [1.54, 1.807) is 11.3 Å². The molecule has 2 fully saturated rings. The molecule has 2 aliphatic rings. The van der Waals surface area contributed by atoms with E-state index < -0.39 is 0 Å². The van der Waals surface area contributed by atoms with Gasteiger partial charge in [0.2, 0.25) is 0 Å². The third kappa shape index (κ3) is 3.48. The van der Waals surface area contributed by atoms with Crippen LogP contribution in [0.4, 0.5) is 0 Å². The fourth-order valence-corrected chi connectivity index (χ4v) is 5.99. The molecule has 0 spiro atoms. The summed E-state index contributed by atoms with van der Waals surface area (Å²) in [6.07, 6.45) is 6.31. The van der Waals surface area contributed by atoms with Crippen LogP contribution in [0.25, 0.3) is 15.3 Å². The molecular weight excluding hydrogens is 438 g/mol. The van der Waals surface area contributed by atoms with Crippen LogP contribution in [0.5, 0.6) is 0 Å². The summed E-state index contributed by atoms with van der Waals surface area (Å²) in [6, 6.07) is 18.5. The average molecular weight is 462 g/mol. The number of ether oxygens (including phenoxy) is 1. The number of benzene rings is 1. The number of aromatic nitrogens is 3. The first-order valence-electron chi connectivity index (χ1n) is 10.9. The lowest BCUT2D eigenvalue weighted by Crippen LogP contribution is -2.36. The highest BCUT2D eigenvalue weighted by atomic mass is 32.1. The molecule has 0 amide bonds. The number of para-hydroxylation sites is 1. The van der Waals surface area contributed by atoms with E-state index in [0.29, 0.717) is 0 Å². The summed E-state index contributed by atoms with van der Waals surface area (Å²) in [7, 11) is 0. The van der Waals surface area contributed by atoms with E-state index in [2.05, 4.69) is 62.4 Å². The van der Waals surface area contributed by atoms with Crippen molar-refractivity contribution in [2.75, 3.05) is 13.2 Å². The molecule has 1 aromatic carbocycles. The molecular formula is C24H23N5OS2. The monoisotopic (exact) mass is 461 g/mol. The minimum atomic E-state index is -0.0480. The smallest absolute Gasteiger partial charge is 0.194 e. The summed E-state index contributed by atoms with van der Waals surface area (Å²) < 4.78 is 9.34. The summed E-state index contributed by atoms with van der Waals surface area (Å²) >= 11 is 7.52. The van der Waals surface area contributed by atoms with Gasteiger partial charge in [-0.25, -0.2) is 4.98 Å². The summed E-state index contributed by atoms with van der Waals surface area (Å²) in [4.78, 5) is 11.8. The number of thiazole rings is 1. The Morgan fingerprint density at radius 3 is 2.84 bits per heavy atom. The van der Waals surface area contributed by atoms with Gasteiger partial charge >= 0.3 is 0 Å². The van der Waals surface area contributed by atoms with Gasteiger partial charge in [-0.3, -0.25) is 9.55 Å². The third-order valence-corrected chi connectivity index (χ3v) is 7.58. The molecule has 3 atom stereocenters. The first kappa shape index (κ1) is 19.8. The second-order valence-corrected chi connectivity index (χ2v) is 9.58. The van der Waals surface area contributed by atoms with Crippen LogP contribution in [0.1, 0.15) is 36.3 Å². The molecule has 2 aliphatic heterocycles. The van der Waals surface area contributed by atoms with Crippen molar-refractivity contribution in [1.82, 2.24) is 24.8 Å². The van der Waals surface area contributed by atoms with Gasteiger partial charge in [0.25, 0.3) is 0 Å². The molecule has 0 aliphatic carbocycles. The molecule has 8 heteroatoms. The van der Waals surface area contributed by atoms with Crippen LogP contribution in [0.15, 0.2) is 67.0 Å². The highest BCUT2D eigenvalue weighted by Crippen LogP contribution is 2.40. The van der Waals surface area contributed by atoms with Crippen molar-refractivity contribution in [2.24, 2.45) is 0 Å². The number of nitrogens with one attached hydrogen (secondary N) is 1. The van der Waals surface area contributed by atoms with Gasteiger partial charge in [0.05, 0.1) is 39.8 Å². The second-order valence-electron chi connectivity index (χ2n) is 8.18. The maximum Gasteiger partial charge on any atom is 0.194 e. The molecule has 6 rings (SSSR count). The van der Waals surface area contributed by atoms with Crippen molar-refractivity contribution in [3.63, 3.8) is 0 Å². The number of fused-ring (bicyclic) bond motifs is 1. The summed E-state index contributed by atoms with van der Waals surface area (Å²) in [6.45, 7) is 1.60. The SMILES string of the molecule is S=C1N[C@H](c2ccccn2)[C@H](c2cccn2-c2nc3ccccc3s2)N1C[C@H]1CCCO1. The average Bonchev–Trinajstić information content (AvgIpc) is 3.61. The molecule has 162 valence electrons. The summed E-state index contributed by atoms with van der Waals surface area (Å²) in [5, 5.41) is 5.25. The Morgan fingerprint density at radius 2 is 2.03 bits per heavy atom. The third-order valence-electron chi connectivity index (χ3n) is 6.19. The number of hydrogen-bond acceptors (Lipinski definition) is 5. The van der Waals surface area contributed by atoms with Crippen molar-refractivity contribution in [1.29, 1.82) is 0 Å². The van der Waals surface area contributed by atoms with Crippen molar-refractivity contribution in [3.8, 4) is 5.13 Å². The maximum atomic E-state index is 5.96. The fraction of sp³-hybridized carbons (Fsp3) is 0.292. The minimum Gasteiger partial charge on any atom is -0.376 e. The minimum absolute atomic E-state index is 0.0105. The fourth-order valence-electron chi connectivity index (χ4n) is 4.70. The van der Waals surface area contributed by atoms with Gasteiger partial charge in [-0.15, -0.1) is 0 Å². The summed E-state index contributed by atoms with van der Waals surface area (Å²) in [5.74, 6) is 0. The van der Waals surface area contributed by atoms with Crippen LogP contribution < -0.4 is 5.32 Å². The van der Waals surface area contributed by atoms with Crippen molar-refractivity contribution >= 4 is 38.9 Å². The standard InChI is InChI=1S/C24H23N5OS2/c31-23-27-21(18-9-3-4-12-25-18)22(29(23)15-16-7-6-14-30-16)19-10-5-13-28(19)24-26-17-8-1-2-11-20(17)32-24/h1-5,8-13,16,21-22H,6-7,14-15H2,(H,27,31)/t16-,21-,22+/m1/s1. The Hall–Kier alpha value is -2.81. The highest BCUT2D eigenvalue weighted by molar-refractivity contribution is 7.80. The van der Waals surface area contributed by atoms with Crippen molar-refractivity contribution < 1.29 is 4.74 Å². The predicted octanol–water partition coefficient (Wildman–Crippen LogP) is 4.63. The Balaban J connectivity index is 1.44. The molecule has 0 unspecified atom stereocenters. The topological polar surface area (TPSA) is 55.2 Å². The zero-order valence-corrected chi connectivity index (χ0v) is 19.1. The van der Waals surface area contributed by atoms with E-state index >= 15 is 0 Å². The van der Waals surface area contributed by atoms with Crippen LogP contribution in [-0.4, -0.2) is 43.8 Å². The second kappa shape index (κ2) is 8.27. The van der Waals surface area contributed by atoms with Crippen LogP contribution in [-0.2, 0) is 4.74 Å². The zero-order chi connectivity index (χ0) is 21.5. The number of nitrogens with zero attached hydrogens (tertiary/aromatic N) is 4. The van der Waals surface area contributed by atoms with Gasteiger partial charge < -0.3 is 15.0 Å². The first-order chi connectivity index (χ1) is 15.8.